The largest absolute Gasteiger partial charge is 0.368 e. The first-order chi connectivity index (χ1) is 14.0. The van der Waals surface area contributed by atoms with Crippen LogP contribution in [0.3, 0.4) is 0 Å². The maximum absolute atomic E-state index is 14.8. The first-order valence-electron chi connectivity index (χ1n) is 8.93. The summed E-state index contributed by atoms with van der Waals surface area (Å²) in [5.74, 6) is -0.314. The lowest BCUT2D eigenvalue weighted by Crippen LogP contribution is -2.07. The van der Waals surface area contributed by atoms with E-state index in [-0.39, 0.29) is 11.1 Å². The molecule has 2 aromatic carbocycles. The van der Waals surface area contributed by atoms with E-state index in [0.29, 0.717) is 33.6 Å². The Bertz CT molecular complexity index is 1100. The number of hydrogen-bond acceptors (Lipinski definition) is 5. The second-order valence-corrected chi connectivity index (χ2v) is 7.36. The fourth-order valence-electron chi connectivity index (χ4n) is 2.72. The molecule has 8 heteroatoms. The van der Waals surface area contributed by atoms with Gasteiger partial charge in [-0.2, -0.15) is 0 Å². The standard InChI is InChI=1S/C21H20FN5OS/c1-3-10-25-21(24-2)29(28)19-7-5-4-6-17(19)14-8-9-16(18(22)11-14)15-12-26-20(23)27-13-15/h4-13H,3H2,1-2H3,(H2,23,26,27)/b24-21?,25-10-. The lowest BCUT2D eigenvalue weighted by Gasteiger charge is -2.11. The lowest BCUT2D eigenvalue weighted by molar-refractivity contribution is 0.631. The number of halogens is 1. The van der Waals surface area contributed by atoms with Gasteiger partial charge in [0, 0.05) is 36.8 Å². The van der Waals surface area contributed by atoms with Crippen molar-refractivity contribution in [3.63, 3.8) is 0 Å². The molecule has 1 aromatic heterocycles. The van der Waals surface area contributed by atoms with Gasteiger partial charge >= 0.3 is 0 Å². The number of nitrogen functional groups attached to an aromatic ring is 1. The van der Waals surface area contributed by atoms with Crippen molar-refractivity contribution in [1.29, 1.82) is 0 Å². The zero-order valence-corrected chi connectivity index (χ0v) is 16.9. The van der Waals surface area contributed by atoms with E-state index < -0.39 is 16.6 Å². The lowest BCUT2D eigenvalue weighted by atomic mass is 10.0. The summed E-state index contributed by atoms with van der Waals surface area (Å²) >= 11 is 0. The third kappa shape index (κ3) is 4.60. The van der Waals surface area contributed by atoms with E-state index in [0.717, 1.165) is 0 Å². The average molecular weight is 409 g/mol. The monoisotopic (exact) mass is 409 g/mol. The summed E-state index contributed by atoms with van der Waals surface area (Å²) < 4.78 is 27.9. The highest BCUT2D eigenvalue weighted by Crippen LogP contribution is 2.31. The van der Waals surface area contributed by atoms with Crippen LogP contribution in [0, 0.1) is 5.82 Å². The highest BCUT2D eigenvalue weighted by atomic mass is 32.2. The molecule has 0 saturated carbocycles. The molecule has 3 rings (SSSR count). The topological polar surface area (TPSA) is 93.6 Å². The van der Waals surface area contributed by atoms with Gasteiger partial charge in [0.2, 0.25) is 11.1 Å². The van der Waals surface area contributed by atoms with E-state index in [1.54, 1.807) is 43.6 Å². The van der Waals surface area contributed by atoms with E-state index in [2.05, 4.69) is 20.0 Å². The fraction of sp³-hybridized carbons (Fsp3) is 0.143. The summed E-state index contributed by atoms with van der Waals surface area (Å²) in [4.78, 5) is 16.5. The third-order valence-electron chi connectivity index (χ3n) is 4.09. The Hall–Kier alpha value is -3.26. The molecule has 0 fully saturated rings. The van der Waals surface area contributed by atoms with Gasteiger partial charge in [0.15, 0.2) is 0 Å². The van der Waals surface area contributed by atoms with E-state index in [1.807, 2.05) is 13.0 Å². The predicted molar refractivity (Wildman–Crippen MR) is 116 cm³/mol. The van der Waals surface area contributed by atoms with Crippen molar-refractivity contribution in [1.82, 2.24) is 9.97 Å². The van der Waals surface area contributed by atoms with Crippen LogP contribution in [0.5, 0.6) is 0 Å². The van der Waals surface area contributed by atoms with Crippen molar-refractivity contribution in [2.45, 2.75) is 18.2 Å². The minimum atomic E-state index is -1.59. The van der Waals surface area contributed by atoms with Crippen LogP contribution in [0.4, 0.5) is 10.3 Å². The Balaban J connectivity index is 2.02. The summed E-state index contributed by atoms with van der Waals surface area (Å²) in [6.45, 7) is 1.93. The molecule has 29 heavy (non-hydrogen) atoms. The van der Waals surface area contributed by atoms with E-state index in [9.17, 15) is 8.60 Å². The molecule has 2 N–H and O–H groups in total. The molecule has 148 valence electrons. The number of benzene rings is 2. The molecule has 0 spiro atoms. The van der Waals surface area contributed by atoms with Crippen molar-refractivity contribution in [3.05, 3.63) is 60.7 Å². The number of nitrogens with two attached hydrogens (primary N) is 1. The molecule has 0 saturated heterocycles. The summed E-state index contributed by atoms with van der Waals surface area (Å²) in [7, 11) is -0.0420. The number of hydrogen-bond donors (Lipinski definition) is 1. The minimum Gasteiger partial charge on any atom is -0.368 e. The van der Waals surface area contributed by atoms with Crippen LogP contribution in [-0.4, -0.2) is 32.6 Å². The predicted octanol–water partition coefficient (Wildman–Crippen LogP) is 4.11. The Morgan fingerprint density at radius 1 is 1.14 bits per heavy atom. The maximum Gasteiger partial charge on any atom is 0.219 e. The van der Waals surface area contributed by atoms with Crippen LogP contribution in [0.1, 0.15) is 13.3 Å². The van der Waals surface area contributed by atoms with Gasteiger partial charge in [0.1, 0.15) is 16.6 Å². The van der Waals surface area contributed by atoms with Crippen LogP contribution in [0.25, 0.3) is 22.3 Å². The van der Waals surface area contributed by atoms with Crippen molar-refractivity contribution in [2.75, 3.05) is 12.8 Å². The normalized spacial score (nSPS) is 13.0. The average Bonchev–Trinajstić information content (AvgIpc) is 2.75. The minimum absolute atomic E-state index is 0.126. The van der Waals surface area contributed by atoms with Crippen LogP contribution < -0.4 is 5.73 Å². The Morgan fingerprint density at radius 2 is 1.86 bits per heavy atom. The molecule has 0 aliphatic rings. The summed E-state index contributed by atoms with van der Waals surface area (Å²) in [5.41, 5.74) is 7.62. The fourth-order valence-corrected chi connectivity index (χ4v) is 3.84. The van der Waals surface area contributed by atoms with Gasteiger partial charge in [-0.3, -0.25) is 4.99 Å². The molecule has 3 aromatic rings. The maximum atomic E-state index is 14.8. The second-order valence-electron chi connectivity index (χ2n) is 6.02. The molecule has 1 heterocycles. The number of aromatic nitrogens is 2. The van der Waals surface area contributed by atoms with Gasteiger partial charge in [0.05, 0.1) is 4.90 Å². The zero-order valence-electron chi connectivity index (χ0n) is 16.0. The Morgan fingerprint density at radius 3 is 2.52 bits per heavy atom. The highest BCUT2D eigenvalue weighted by molar-refractivity contribution is 8.00. The van der Waals surface area contributed by atoms with E-state index >= 15 is 0 Å². The molecule has 0 bridgehead atoms. The number of nitrogens with zero attached hydrogens (tertiary/aromatic N) is 4. The molecule has 1 atom stereocenters. The summed E-state index contributed by atoms with van der Waals surface area (Å²) in [5, 5.41) is 0.218. The molecule has 1 unspecified atom stereocenters. The van der Waals surface area contributed by atoms with Crippen molar-refractivity contribution in [2.24, 2.45) is 9.98 Å². The van der Waals surface area contributed by atoms with Gasteiger partial charge in [-0.05, 0) is 29.7 Å². The number of amidine groups is 1. The highest BCUT2D eigenvalue weighted by Gasteiger charge is 2.17. The van der Waals surface area contributed by atoms with Gasteiger partial charge in [0.25, 0.3) is 0 Å². The van der Waals surface area contributed by atoms with Crippen LogP contribution in [-0.2, 0) is 10.8 Å². The van der Waals surface area contributed by atoms with E-state index in [4.69, 9.17) is 5.73 Å². The summed E-state index contributed by atoms with van der Waals surface area (Å²) in [6, 6.07) is 11.9. The first-order valence-corrected chi connectivity index (χ1v) is 10.1. The quantitative estimate of drug-likeness (QED) is 0.518. The SMILES string of the molecule is CC/C=N\C(=NC)S(=O)c1ccccc1-c1ccc(-c2cnc(N)nc2)c(F)c1. The van der Waals surface area contributed by atoms with Gasteiger partial charge in [-0.25, -0.2) is 23.6 Å². The molecular formula is C21H20FN5OS. The second kappa shape index (κ2) is 9.29. The van der Waals surface area contributed by atoms with Gasteiger partial charge in [-0.1, -0.05) is 37.3 Å². The van der Waals surface area contributed by atoms with Crippen LogP contribution in [0.2, 0.25) is 0 Å². The smallest absolute Gasteiger partial charge is 0.219 e. The van der Waals surface area contributed by atoms with Crippen LogP contribution in [0.15, 0.2) is 69.7 Å². The zero-order chi connectivity index (χ0) is 20.8. The van der Waals surface area contributed by atoms with Crippen LogP contribution >= 0.6 is 0 Å². The molecule has 0 amide bonds. The van der Waals surface area contributed by atoms with Gasteiger partial charge < -0.3 is 5.73 Å². The Kier molecular flexibility index (Phi) is 6.56. The Labute approximate surface area is 170 Å². The molecular weight excluding hydrogens is 389 g/mol. The van der Waals surface area contributed by atoms with Crippen molar-refractivity contribution >= 4 is 28.1 Å². The molecule has 0 radical (unpaired) electrons. The molecule has 0 aliphatic heterocycles. The number of aliphatic imine (C=N–C) groups is 2. The number of anilines is 1. The van der Waals surface area contributed by atoms with E-state index in [1.165, 1.54) is 18.5 Å². The summed E-state index contributed by atoms with van der Waals surface area (Å²) in [6.07, 6.45) is 5.31. The number of rotatable bonds is 4. The third-order valence-corrected chi connectivity index (χ3v) is 5.47. The van der Waals surface area contributed by atoms with Crippen molar-refractivity contribution < 1.29 is 8.60 Å². The van der Waals surface area contributed by atoms with Crippen molar-refractivity contribution in [3.8, 4) is 22.3 Å². The molecule has 0 aliphatic carbocycles. The first kappa shape index (κ1) is 20.5. The van der Waals surface area contributed by atoms with Gasteiger partial charge in [-0.15, -0.1) is 0 Å². The molecule has 6 nitrogen and oxygen atoms in total.